The van der Waals surface area contributed by atoms with Gasteiger partial charge in [0, 0.05) is 22.8 Å². The van der Waals surface area contributed by atoms with Crippen LogP contribution in [0.25, 0.3) is 0 Å². The van der Waals surface area contributed by atoms with Gasteiger partial charge in [-0.3, -0.25) is 4.98 Å². The van der Waals surface area contributed by atoms with Gasteiger partial charge in [-0.2, -0.15) is 0 Å². The number of hydrogen-bond acceptors (Lipinski definition) is 3. The highest BCUT2D eigenvalue weighted by Gasteiger charge is 2.08. The summed E-state index contributed by atoms with van der Waals surface area (Å²) >= 11 is 0. The van der Waals surface area contributed by atoms with Crippen LogP contribution in [-0.2, 0) is 0 Å². The first-order chi connectivity index (χ1) is 8.95. The number of carboxylic acid groups (broad SMARTS) is 1. The number of rotatable bonds is 3. The van der Waals surface area contributed by atoms with Gasteiger partial charge in [-0.1, -0.05) is 6.07 Å². The normalized spacial score (nSPS) is 10.3. The lowest BCUT2D eigenvalue weighted by molar-refractivity contribution is 0.0696. The lowest BCUT2D eigenvalue weighted by Gasteiger charge is -2.10. The lowest BCUT2D eigenvalue weighted by Crippen LogP contribution is -2.01. The van der Waals surface area contributed by atoms with Gasteiger partial charge in [-0.15, -0.1) is 0 Å². The number of nitrogens with zero attached hydrogens (tertiary/aromatic N) is 1. The molecule has 0 spiro atoms. The average molecular weight is 256 g/mol. The maximum atomic E-state index is 11.1. The number of nitrogens with one attached hydrogen (secondary N) is 1. The fourth-order valence-electron chi connectivity index (χ4n) is 2.00. The van der Waals surface area contributed by atoms with Crippen LogP contribution in [0.4, 0.5) is 11.4 Å². The first kappa shape index (κ1) is 13.1. The van der Waals surface area contributed by atoms with E-state index in [1.807, 2.05) is 32.0 Å². The summed E-state index contributed by atoms with van der Waals surface area (Å²) in [6.45, 7) is 5.64. The number of carbonyl (C=O) groups is 1. The van der Waals surface area contributed by atoms with Gasteiger partial charge < -0.3 is 10.4 Å². The Morgan fingerprint density at radius 3 is 2.26 bits per heavy atom. The van der Waals surface area contributed by atoms with E-state index < -0.39 is 5.97 Å². The lowest BCUT2D eigenvalue weighted by atomic mass is 10.1. The Morgan fingerprint density at radius 2 is 1.68 bits per heavy atom. The monoisotopic (exact) mass is 256 g/mol. The minimum Gasteiger partial charge on any atom is -0.478 e. The van der Waals surface area contributed by atoms with Crippen LogP contribution in [0.5, 0.6) is 0 Å². The molecule has 0 radical (unpaired) electrons. The third-order valence-electron chi connectivity index (χ3n) is 2.84. The summed E-state index contributed by atoms with van der Waals surface area (Å²) in [6, 6.07) is 9.16. The third-order valence-corrected chi connectivity index (χ3v) is 2.84. The van der Waals surface area contributed by atoms with Crippen molar-refractivity contribution < 1.29 is 9.90 Å². The van der Waals surface area contributed by atoms with E-state index in [0.29, 0.717) is 5.56 Å². The van der Waals surface area contributed by atoms with Crippen LogP contribution in [-0.4, -0.2) is 16.1 Å². The molecule has 1 aromatic carbocycles. The van der Waals surface area contributed by atoms with E-state index >= 15 is 0 Å². The van der Waals surface area contributed by atoms with E-state index in [9.17, 15) is 4.79 Å². The Kier molecular flexibility index (Phi) is 3.51. The molecule has 0 atom stereocenters. The fourth-order valence-corrected chi connectivity index (χ4v) is 2.00. The van der Waals surface area contributed by atoms with Gasteiger partial charge in [-0.25, -0.2) is 4.79 Å². The molecular formula is C15H16N2O2. The second-order valence-corrected chi connectivity index (χ2v) is 4.60. The quantitative estimate of drug-likeness (QED) is 0.883. The maximum Gasteiger partial charge on any atom is 0.336 e. The van der Waals surface area contributed by atoms with Crippen LogP contribution < -0.4 is 5.32 Å². The zero-order chi connectivity index (χ0) is 14.0. The Hall–Kier alpha value is -2.36. The van der Waals surface area contributed by atoms with Crippen LogP contribution in [0.3, 0.4) is 0 Å². The number of benzene rings is 1. The zero-order valence-electron chi connectivity index (χ0n) is 11.2. The van der Waals surface area contributed by atoms with E-state index in [-0.39, 0.29) is 0 Å². The van der Waals surface area contributed by atoms with Crippen molar-refractivity contribution in [2.24, 2.45) is 0 Å². The Labute approximate surface area is 112 Å². The second kappa shape index (κ2) is 5.10. The van der Waals surface area contributed by atoms with Crippen molar-refractivity contribution in [1.29, 1.82) is 0 Å². The molecule has 0 amide bonds. The van der Waals surface area contributed by atoms with Crippen LogP contribution in [0.1, 0.15) is 27.3 Å². The molecule has 0 saturated heterocycles. The number of aryl methyl sites for hydroxylation is 3. The predicted octanol–water partition coefficient (Wildman–Crippen LogP) is 3.45. The second-order valence-electron chi connectivity index (χ2n) is 4.60. The van der Waals surface area contributed by atoms with Crippen molar-refractivity contribution in [1.82, 2.24) is 4.98 Å². The first-order valence-corrected chi connectivity index (χ1v) is 6.02. The Balaban J connectivity index is 2.33. The minimum absolute atomic E-state index is 0.313. The Morgan fingerprint density at radius 1 is 1.05 bits per heavy atom. The molecule has 2 rings (SSSR count). The smallest absolute Gasteiger partial charge is 0.336 e. The number of hydrogen-bond donors (Lipinski definition) is 2. The molecule has 0 unspecified atom stereocenters. The molecule has 2 aromatic rings. The van der Waals surface area contributed by atoms with E-state index in [1.54, 1.807) is 19.1 Å². The fraction of sp³-hybridized carbons (Fsp3) is 0.200. The molecule has 1 aromatic heterocycles. The Bertz CT molecular complexity index is 616. The number of anilines is 2. The first-order valence-electron chi connectivity index (χ1n) is 6.02. The molecule has 0 aliphatic rings. The van der Waals surface area contributed by atoms with Crippen molar-refractivity contribution in [2.45, 2.75) is 20.8 Å². The number of pyridine rings is 1. The average Bonchev–Trinajstić information content (AvgIpc) is 2.30. The summed E-state index contributed by atoms with van der Waals surface area (Å²) in [6.07, 6.45) is 0. The zero-order valence-corrected chi connectivity index (χ0v) is 11.2. The van der Waals surface area contributed by atoms with Gasteiger partial charge in [0.1, 0.15) is 0 Å². The highest BCUT2D eigenvalue weighted by molar-refractivity contribution is 5.90. The van der Waals surface area contributed by atoms with Crippen LogP contribution in [0.2, 0.25) is 0 Å². The molecule has 0 saturated carbocycles. The molecule has 1 heterocycles. The number of aromatic carboxylic acids is 1. The molecule has 0 aliphatic heterocycles. The molecule has 19 heavy (non-hydrogen) atoms. The summed E-state index contributed by atoms with van der Waals surface area (Å²) in [5, 5.41) is 12.3. The third kappa shape index (κ3) is 3.10. The highest BCUT2D eigenvalue weighted by Crippen LogP contribution is 2.21. The standard InChI is InChI=1S/C15H16N2O2/c1-9-4-5-12(8-14(9)15(18)19)17-13-6-10(2)16-11(3)7-13/h4-8H,1-3H3,(H,16,17)(H,18,19). The van der Waals surface area contributed by atoms with Gasteiger partial charge in [-0.05, 0) is 50.6 Å². The molecule has 2 N–H and O–H groups in total. The van der Waals surface area contributed by atoms with Crippen LogP contribution >= 0.6 is 0 Å². The molecule has 98 valence electrons. The molecular weight excluding hydrogens is 240 g/mol. The summed E-state index contributed by atoms with van der Waals surface area (Å²) in [7, 11) is 0. The van der Waals surface area contributed by atoms with Gasteiger partial charge in [0.05, 0.1) is 5.56 Å². The van der Waals surface area contributed by atoms with E-state index in [1.165, 1.54) is 0 Å². The topological polar surface area (TPSA) is 62.2 Å². The summed E-state index contributed by atoms with van der Waals surface area (Å²) in [5.74, 6) is -0.914. The maximum absolute atomic E-state index is 11.1. The summed E-state index contributed by atoms with van der Waals surface area (Å²) in [5.41, 5.74) is 4.58. The van der Waals surface area contributed by atoms with Gasteiger partial charge >= 0.3 is 5.97 Å². The van der Waals surface area contributed by atoms with Gasteiger partial charge in [0.15, 0.2) is 0 Å². The summed E-state index contributed by atoms with van der Waals surface area (Å²) < 4.78 is 0. The summed E-state index contributed by atoms with van der Waals surface area (Å²) in [4.78, 5) is 15.4. The molecule has 4 nitrogen and oxygen atoms in total. The molecule has 0 bridgehead atoms. The predicted molar refractivity (Wildman–Crippen MR) is 75.1 cm³/mol. The minimum atomic E-state index is -0.914. The van der Waals surface area contributed by atoms with Crippen molar-refractivity contribution in [3.63, 3.8) is 0 Å². The van der Waals surface area contributed by atoms with E-state index in [4.69, 9.17) is 5.11 Å². The molecule has 0 aliphatic carbocycles. The molecule has 4 heteroatoms. The van der Waals surface area contributed by atoms with Crippen molar-refractivity contribution in [2.75, 3.05) is 5.32 Å². The van der Waals surface area contributed by atoms with Gasteiger partial charge in [0.2, 0.25) is 0 Å². The van der Waals surface area contributed by atoms with E-state index in [2.05, 4.69) is 10.3 Å². The van der Waals surface area contributed by atoms with Gasteiger partial charge in [0.25, 0.3) is 0 Å². The van der Waals surface area contributed by atoms with Crippen LogP contribution in [0, 0.1) is 20.8 Å². The number of carboxylic acids is 1. The van der Waals surface area contributed by atoms with Crippen LogP contribution in [0.15, 0.2) is 30.3 Å². The van der Waals surface area contributed by atoms with Crippen molar-refractivity contribution in [3.05, 3.63) is 52.8 Å². The van der Waals surface area contributed by atoms with E-state index in [0.717, 1.165) is 28.3 Å². The molecule has 0 fully saturated rings. The van der Waals surface area contributed by atoms with Crippen molar-refractivity contribution in [3.8, 4) is 0 Å². The number of aromatic nitrogens is 1. The SMILES string of the molecule is Cc1cc(Nc2ccc(C)c(C(=O)O)c2)cc(C)n1. The largest absolute Gasteiger partial charge is 0.478 e. The highest BCUT2D eigenvalue weighted by atomic mass is 16.4. The van der Waals surface area contributed by atoms with Crippen molar-refractivity contribution >= 4 is 17.3 Å².